The first kappa shape index (κ1) is 22.1. The van der Waals surface area contributed by atoms with Crippen LogP contribution in [0.25, 0.3) is 0 Å². The lowest BCUT2D eigenvalue weighted by Gasteiger charge is -2.08. The zero-order valence-electron chi connectivity index (χ0n) is 16.9. The van der Waals surface area contributed by atoms with Crippen molar-refractivity contribution >= 4 is 11.5 Å². The smallest absolute Gasteiger partial charge is 0.416 e. The largest absolute Gasteiger partial charge is 0.485 e. The predicted molar refractivity (Wildman–Crippen MR) is 108 cm³/mol. The second kappa shape index (κ2) is 9.51. The van der Waals surface area contributed by atoms with Crippen LogP contribution in [0.3, 0.4) is 0 Å². The van der Waals surface area contributed by atoms with Crippen molar-refractivity contribution in [2.24, 2.45) is 5.16 Å². The van der Waals surface area contributed by atoms with Crippen molar-refractivity contribution in [2.45, 2.75) is 26.6 Å². The van der Waals surface area contributed by atoms with Gasteiger partial charge in [0.2, 0.25) is 5.78 Å². The Morgan fingerprint density at radius 1 is 1.00 bits per heavy atom. The van der Waals surface area contributed by atoms with Crippen molar-refractivity contribution < 1.29 is 32.0 Å². The second-order valence-corrected chi connectivity index (χ2v) is 6.79. The van der Waals surface area contributed by atoms with Gasteiger partial charge in [-0.2, -0.15) is 13.2 Å². The molecular weight excluding hydrogens is 411 g/mol. The molecule has 3 aromatic rings. The molecule has 31 heavy (non-hydrogen) atoms. The first-order valence-electron chi connectivity index (χ1n) is 9.38. The number of alkyl halides is 3. The molecule has 0 bridgehead atoms. The molecule has 0 fully saturated rings. The number of benzene rings is 2. The number of furan rings is 1. The minimum atomic E-state index is -4.37. The molecular formula is C23H20F3NO4. The monoisotopic (exact) mass is 431 g/mol. The summed E-state index contributed by atoms with van der Waals surface area (Å²) in [4.78, 5) is 17.2. The molecule has 0 saturated carbocycles. The Kier molecular flexibility index (Phi) is 6.79. The molecule has 1 aromatic heterocycles. The lowest BCUT2D eigenvalue weighted by atomic mass is 10.1. The van der Waals surface area contributed by atoms with E-state index in [1.807, 2.05) is 0 Å². The van der Waals surface area contributed by atoms with Crippen LogP contribution in [0.5, 0.6) is 5.75 Å². The number of nitrogens with zero attached hydrogens (tertiary/aromatic N) is 1. The Morgan fingerprint density at radius 2 is 1.68 bits per heavy atom. The van der Waals surface area contributed by atoms with Crippen LogP contribution in [0.15, 0.2) is 70.2 Å². The summed E-state index contributed by atoms with van der Waals surface area (Å²) in [6.07, 6.45) is -4.37. The average Bonchev–Trinajstić information content (AvgIpc) is 3.18. The fraction of sp³-hybridized carbons (Fsp3) is 0.217. The van der Waals surface area contributed by atoms with Crippen LogP contribution < -0.4 is 4.74 Å². The third-order valence-corrected chi connectivity index (χ3v) is 4.37. The molecule has 0 radical (unpaired) electrons. The normalized spacial score (nSPS) is 12.0. The van der Waals surface area contributed by atoms with Crippen LogP contribution in [0.2, 0.25) is 0 Å². The Balaban J connectivity index is 1.50. The molecule has 3 rings (SSSR count). The number of hydrogen-bond acceptors (Lipinski definition) is 5. The highest BCUT2D eigenvalue weighted by atomic mass is 19.4. The maximum atomic E-state index is 12.6. The van der Waals surface area contributed by atoms with Crippen molar-refractivity contribution in [1.29, 1.82) is 0 Å². The lowest BCUT2D eigenvalue weighted by molar-refractivity contribution is -0.137. The van der Waals surface area contributed by atoms with Gasteiger partial charge in [-0.1, -0.05) is 17.3 Å². The zero-order valence-corrected chi connectivity index (χ0v) is 16.9. The van der Waals surface area contributed by atoms with E-state index in [0.717, 1.165) is 17.7 Å². The van der Waals surface area contributed by atoms with Crippen molar-refractivity contribution in [3.8, 4) is 5.75 Å². The molecule has 0 saturated heterocycles. The fourth-order valence-corrected chi connectivity index (χ4v) is 2.64. The van der Waals surface area contributed by atoms with E-state index in [1.54, 1.807) is 50.2 Å². The van der Waals surface area contributed by atoms with Gasteiger partial charge in [-0.15, -0.1) is 0 Å². The second-order valence-electron chi connectivity index (χ2n) is 6.79. The minimum absolute atomic E-state index is 0.0467. The molecule has 0 amide bonds. The Labute approximate surface area is 177 Å². The van der Waals surface area contributed by atoms with Gasteiger partial charge in [0, 0.05) is 0 Å². The predicted octanol–water partition coefficient (Wildman–Crippen LogP) is 5.81. The summed E-state index contributed by atoms with van der Waals surface area (Å²) in [6.45, 7) is 3.40. The van der Waals surface area contributed by atoms with Crippen LogP contribution in [0, 0.1) is 6.92 Å². The number of ether oxygens (including phenoxy) is 1. The topological polar surface area (TPSA) is 61.0 Å². The molecule has 0 aliphatic rings. The number of carbonyl (C=O) groups is 1. The molecule has 2 aromatic carbocycles. The number of ketones is 1. The number of rotatable bonds is 8. The van der Waals surface area contributed by atoms with Gasteiger partial charge < -0.3 is 14.0 Å². The highest BCUT2D eigenvalue weighted by Crippen LogP contribution is 2.29. The van der Waals surface area contributed by atoms with E-state index in [0.29, 0.717) is 22.8 Å². The number of hydrogen-bond donors (Lipinski definition) is 0. The molecule has 0 aliphatic carbocycles. The number of aryl methyl sites for hydroxylation is 1. The fourth-order valence-electron chi connectivity index (χ4n) is 2.64. The third kappa shape index (κ3) is 6.21. The maximum Gasteiger partial charge on any atom is 0.416 e. The lowest BCUT2D eigenvalue weighted by Crippen LogP contribution is -2.10. The van der Waals surface area contributed by atoms with E-state index in [4.69, 9.17) is 14.0 Å². The molecule has 0 N–H and O–H groups in total. The molecule has 0 aliphatic heterocycles. The quantitative estimate of drug-likeness (QED) is 0.257. The van der Waals surface area contributed by atoms with Gasteiger partial charge in [0.1, 0.15) is 18.1 Å². The summed E-state index contributed by atoms with van der Waals surface area (Å²) in [6, 6.07) is 15.0. The Morgan fingerprint density at radius 3 is 2.26 bits per heavy atom. The van der Waals surface area contributed by atoms with Crippen molar-refractivity contribution in [2.75, 3.05) is 6.61 Å². The van der Waals surface area contributed by atoms with E-state index < -0.39 is 11.7 Å². The summed E-state index contributed by atoms with van der Waals surface area (Å²) in [7, 11) is 0. The van der Waals surface area contributed by atoms with Crippen molar-refractivity contribution in [3.63, 3.8) is 0 Å². The van der Waals surface area contributed by atoms with Gasteiger partial charge in [0.15, 0.2) is 12.4 Å². The highest BCUT2D eigenvalue weighted by molar-refractivity contribution is 5.98. The van der Waals surface area contributed by atoms with Gasteiger partial charge in [0.05, 0.1) is 11.3 Å². The van der Waals surface area contributed by atoms with Crippen LogP contribution in [-0.4, -0.2) is 18.1 Å². The molecule has 0 unspecified atom stereocenters. The molecule has 5 nitrogen and oxygen atoms in total. The Hall–Kier alpha value is -3.55. The summed E-state index contributed by atoms with van der Waals surface area (Å²) in [5.41, 5.74) is 1.22. The van der Waals surface area contributed by atoms with Gasteiger partial charge in [-0.3, -0.25) is 4.79 Å². The number of carbonyl (C=O) groups excluding carboxylic acids is 1. The zero-order chi connectivity index (χ0) is 22.4. The average molecular weight is 431 g/mol. The molecule has 8 heteroatoms. The minimum Gasteiger partial charge on any atom is -0.485 e. The molecule has 162 valence electrons. The maximum absolute atomic E-state index is 12.6. The summed E-state index contributed by atoms with van der Waals surface area (Å²) < 4.78 is 48.5. The third-order valence-electron chi connectivity index (χ3n) is 4.37. The molecule has 1 heterocycles. The number of oxime groups is 1. The summed E-state index contributed by atoms with van der Waals surface area (Å²) in [5.74, 6) is 1.16. The van der Waals surface area contributed by atoms with Crippen molar-refractivity contribution in [3.05, 3.63) is 88.9 Å². The van der Waals surface area contributed by atoms with E-state index in [-0.39, 0.29) is 24.8 Å². The SMILES string of the molecule is C/C(=N\OCc1ccc(C(F)(F)F)cc1)c1ccc(OCC(=O)c2ccc(C)o2)cc1. The first-order chi connectivity index (χ1) is 14.7. The Bertz CT molecular complexity index is 1050. The van der Waals surface area contributed by atoms with Crippen molar-refractivity contribution in [1.82, 2.24) is 0 Å². The van der Waals surface area contributed by atoms with Gasteiger partial charge in [-0.25, -0.2) is 0 Å². The number of Topliss-reactive ketones (excluding diaryl/α,β-unsaturated/α-hetero) is 1. The first-order valence-corrected chi connectivity index (χ1v) is 9.38. The van der Waals surface area contributed by atoms with Gasteiger partial charge in [-0.05, 0) is 73.5 Å². The van der Waals surface area contributed by atoms with Gasteiger partial charge in [0.25, 0.3) is 0 Å². The van der Waals surface area contributed by atoms with Crippen LogP contribution >= 0.6 is 0 Å². The van der Waals surface area contributed by atoms with Crippen LogP contribution in [0.4, 0.5) is 13.2 Å². The van der Waals surface area contributed by atoms with E-state index in [9.17, 15) is 18.0 Å². The van der Waals surface area contributed by atoms with Gasteiger partial charge >= 0.3 is 6.18 Å². The number of halogens is 3. The standard InChI is InChI=1S/C23H20F3NO4/c1-15-3-12-22(31-15)21(28)14-29-20-10-6-18(7-11-20)16(2)27-30-13-17-4-8-19(9-5-17)23(24,25)26/h3-12H,13-14H2,1-2H3/b27-16+. The van der Waals surface area contributed by atoms with E-state index in [1.165, 1.54) is 12.1 Å². The highest BCUT2D eigenvalue weighted by Gasteiger charge is 2.29. The van der Waals surface area contributed by atoms with E-state index >= 15 is 0 Å². The van der Waals surface area contributed by atoms with E-state index in [2.05, 4.69) is 5.16 Å². The van der Waals surface area contributed by atoms with Crippen LogP contribution in [0.1, 0.15) is 39.9 Å². The summed E-state index contributed by atoms with van der Waals surface area (Å²) in [5, 5.41) is 3.99. The molecule has 0 atom stereocenters. The molecule has 0 spiro atoms. The summed E-state index contributed by atoms with van der Waals surface area (Å²) >= 11 is 0. The van der Waals surface area contributed by atoms with Crippen LogP contribution in [-0.2, 0) is 17.6 Å².